The molecule has 4 nitrogen and oxygen atoms in total. The van der Waals surface area contributed by atoms with Gasteiger partial charge in [-0.2, -0.15) is 0 Å². The Morgan fingerprint density at radius 3 is 2.50 bits per heavy atom. The van der Waals surface area contributed by atoms with Crippen molar-refractivity contribution in [1.82, 2.24) is 5.32 Å². The zero-order valence-corrected chi connectivity index (χ0v) is 16.3. The van der Waals surface area contributed by atoms with Crippen LogP contribution in [0.3, 0.4) is 0 Å². The number of amides is 1. The maximum atomic E-state index is 12.7. The molecule has 0 unspecified atom stereocenters. The van der Waals surface area contributed by atoms with E-state index in [0.29, 0.717) is 29.8 Å². The van der Waals surface area contributed by atoms with Crippen LogP contribution in [-0.2, 0) is 16.8 Å². The minimum absolute atomic E-state index is 0.0944. The number of rotatable bonds is 4. The lowest BCUT2D eigenvalue weighted by Gasteiger charge is -2.24. The third kappa shape index (κ3) is 4.08. The lowest BCUT2D eigenvalue weighted by atomic mass is 9.83. The Morgan fingerprint density at radius 1 is 1.04 bits per heavy atom. The molecule has 26 heavy (non-hydrogen) atoms. The zero-order chi connectivity index (χ0) is 18.7. The highest BCUT2D eigenvalue weighted by molar-refractivity contribution is 6.42. The van der Waals surface area contributed by atoms with Crippen molar-refractivity contribution < 1.29 is 14.3 Å². The van der Waals surface area contributed by atoms with Crippen LogP contribution in [-0.4, -0.2) is 19.1 Å². The summed E-state index contributed by atoms with van der Waals surface area (Å²) in [5, 5.41) is 3.89. The van der Waals surface area contributed by atoms with Gasteiger partial charge >= 0.3 is 0 Å². The number of benzene rings is 2. The highest BCUT2D eigenvalue weighted by Crippen LogP contribution is 2.32. The summed E-state index contributed by atoms with van der Waals surface area (Å²) >= 11 is 12.1. The second-order valence-electron chi connectivity index (χ2n) is 6.77. The van der Waals surface area contributed by atoms with Crippen molar-refractivity contribution in [3.63, 3.8) is 0 Å². The van der Waals surface area contributed by atoms with Gasteiger partial charge in [0.1, 0.15) is 0 Å². The van der Waals surface area contributed by atoms with Gasteiger partial charge in [-0.1, -0.05) is 35.3 Å². The average Bonchev–Trinajstić information content (AvgIpc) is 2.86. The lowest BCUT2D eigenvalue weighted by molar-refractivity contribution is -0.125. The van der Waals surface area contributed by atoms with Crippen molar-refractivity contribution in [3.05, 3.63) is 57.6 Å². The summed E-state index contributed by atoms with van der Waals surface area (Å²) in [6.07, 6.45) is 0.860. The van der Waals surface area contributed by atoms with Crippen LogP contribution in [0.25, 0.3) is 0 Å². The molecule has 0 radical (unpaired) electrons. The Kier molecular flexibility index (Phi) is 5.64. The van der Waals surface area contributed by atoms with E-state index in [1.165, 1.54) is 0 Å². The first-order valence-electron chi connectivity index (χ1n) is 8.50. The molecule has 1 aliphatic rings. The first-order valence-corrected chi connectivity index (χ1v) is 9.26. The fourth-order valence-corrected chi connectivity index (χ4v) is 3.04. The van der Waals surface area contributed by atoms with Crippen molar-refractivity contribution in [2.45, 2.75) is 32.2 Å². The Hall–Kier alpha value is -1.91. The van der Waals surface area contributed by atoms with Crippen molar-refractivity contribution in [3.8, 4) is 11.5 Å². The molecular weight excluding hydrogens is 373 g/mol. The van der Waals surface area contributed by atoms with E-state index in [1.807, 2.05) is 38.1 Å². The average molecular weight is 394 g/mol. The second-order valence-corrected chi connectivity index (χ2v) is 7.58. The molecule has 0 aromatic heterocycles. The SMILES string of the molecule is CC(C)(C(=O)NCc1ccc2c(c1)OCCCO2)c1ccc(Cl)c(Cl)c1. The van der Waals surface area contributed by atoms with E-state index in [9.17, 15) is 4.79 Å². The van der Waals surface area contributed by atoms with E-state index in [2.05, 4.69) is 5.32 Å². The molecule has 3 rings (SSSR count). The van der Waals surface area contributed by atoms with Gasteiger partial charge in [-0.15, -0.1) is 0 Å². The molecule has 2 aromatic carbocycles. The first kappa shape index (κ1) is 18.9. The predicted octanol–water partition coefficient (Wildman–Crippen LogP) is 4.75. The predicted molar refractivity (Wildman–Crippen MR) is 103 cm³/mol. The maximum absolute atomic E-state index is 12.7. The molecule has 0 saturated heterocycles. The Morgan fingerprint density at radius 2 is 1.77 bits per heavy atom. The van der Waals surface area contributed by atoms with Crippen molar-refractivity contribution >= 4 is 29.1 Å². The number of ether oxygens (including phenoxy) is 2. The summed E-state index contributed by atoms with van der Waals surface area (Å²) in [4.78, 5) is 12.7. The molecular formula is C20H21Cl2NO3. The van der Waals surface area contributed by atoms with Gasteiger partial charge in [0.25, 0.3) is 0 Å². The van der Waals surface area contributed by atoms with Gasteiger partial charge in [0.05, 0.1) is 28.7 Å². The molecule has 0 saturated carbocycles. The van der Waals surface area contributed by atoms with E-state index in [1.54, 1.807) is 12.1 Å². The van der Waals surface area contributed by atoms with E-state index < -0.39 is 5.41 Å². The third-order valence-electron chi connectivity index (χ3n) is 4.47. The Labute approximate surface area is 163 Å². The van der Waals surface area contributed by atoms with E-state index in [4.69, 9.17) is 32.7 Å². The quantitative estimate of drug-likeness (QED) is 0.814. The number of hydrogen-bond acceptors (Lipinski definition) is 3. The molecule has 1 aliphatic heterocycles. The molecule has 0 bridgehead atoms. The maximum Gasteiger partial charge on any atom is 0.230 e. The number of halogens is 2. The summed E-state index contributed by atoms with van der Waals surface area (Å²) in [6.45, 7) is 5.40. The molecule has 1 N–H and O–H groups in total. The van der Waals surface area contributed by atoms with Crippen LogP contribution in [0.1, 0.15) is 31.4 Å². The molecule has 0 aliphatic carbocycles. The summed E-state index contributed by atoms with van der Waals surface area (Å²) in [7, 11) is 0. The molecule has 6 heteroatoms. The number of hydrogen-bond donors (Lipinski definition) is 1. The Balaban J connectivity index is 1.69. The summed E-state index contributed by atoms with van der Waals surface area (Å²) in [5.74, 6) is 1.37. The standard InChI is InChI=1S/C20H21Cl2NO3/c1-20(2,14-5-6-15(21)16(22)11-14)19(24)23-12-13-4-7-17-18(10-13)26-9-3-8-25-17/h4-7,10-11H,3,8-9,12H2,1-2H3,(H,23,24). The van der Waals surface area contributed by atoms with Crippen LogP contribution >= 0.6 is 23.2 Å². The van der Waals surface area contributed by atoms with Crippen molar-refractivity contribution in [1.29, 1.82) is 0 Å². The molecule has 138 valence electrons. The normalized spacial score (nSPS) is 13.8. The summed E-state index contributed by atoms with van der Waals surface area (Å²) < 4.78 is 11.3. The number of carbonyl (C=O) groups is 1. The van der Waals surface area contributed by atoms with Crippen LogP contribution < -0.4 is 14.8 Å². The Bertz CT molecular complexity index is 821. The van der Waals surface area contributed by atoms with Gasteiger partial charge in [0.2, 0.25) is 5.91 Å². The summed E-state index contributed by atoms with van der Waals surface area (Å²) in [6, 6.07) is 11.0. The molecule has 2 aromatic rings. The minimum atomic E-state index is -0.737. The van der Waals surface area contributed by atoms with Gasteiger partial charge in [0.15, 0.2) is 11.5 Å². The van der Waals surface area contributed by atoms with E-state index in [0.717, 1.165) is 29.0 Å². The van der Waals surface area contributed by atoms with Crippen molar-refractivity contribution in [2.75, 3.05) is 13.2 Å². The fraction of sp³-hybridized carbons (Fsp3) is 0.350. The number of carbonyl (C=O) groups excluding carboxylic acids is 1. The highest BCUT2D eigenvalue weighted by Gasteiger charge is 2.30. The van der Waals surface area contributed by atoms with E-state index >= 15 is 0 Å². The van der Waals surface area contributed by atoms with Gasteiger partial charge in [0, 0.05) is 13.0 Å². The largest absolute Gasteiger partial charge is 0.490 e. The minimum Gasteiger partial charge on any atom is -0.490 e. The van der Waals surface area contributed by atoms with Gasteiger partial charge < -0.3 is 14.8 Å². The molecule has 0 atom stereocenters. The third-order valence-corrected chi connectivity index (χ3v) is 5.21. The monoisotopic (exact) mass is 393 g/mol. The fourth-order valence-electron chi connectivity index (χ4n) is 2.74. The van der Waals surface area contributed by atoms with Crippen LogP contribution in [0.5, 0.6) is 11.5 Å². The van der Waals surface area contributed by atoms with Crippen LogP contribution in [0.4, 0.5) is 0 Å². The lowest BCUT2D eigenvalue weighted by Crippen LogP contribution is -2.39. The van der Waals surface area contributed by atoms with Gasteiger partial charge in [-0.05, 0) is 49.2 Å². The molecule has 0 spiro atoms. The van der Waals surface area contributed by atoms with Crippen molar-refractivity contribution in [2.24, 2.45) is 0 Å². The molecule has 0 fully saturated rings. The van der Waals surface area contributed by atoms with Crippen LogP contribution in [0.2, 0.25) is 10.0 Å². The molecule has 1 amide bonds. The zero-order valence-electron chi connectivity index (χ0n) is 14.8. The smallest absolute Gasteiger partial charge is 0.230 e. The first-order chi connectivity index (χ1) is 12.4. The van der Waals surface area contributed by atoms with E-state index in [-0.39, 0.29) is 5.91 Å². The number of nitrogens with one attached hydrogen (secondary N) is 1. The topological polar surface area (TPSA) is 47.6 Å². The van der Waals surface area contributed by atoms with Crippen LogP contribution in [0.15, 0.2) is 36.4 Å². The highest BCUT2D eigenvalue weighted by atomic mass is 35.5. The second kappa shape index (κ2) is 7.77. The summed E-state index contributed by atoms with van der Waals surface area (Å²) in [5.41, 5.74) is 1.02. The van der Waals surface area contributed by atoms with Gasteiger partial charge in [-0.25, -0.2) is 0 Å². The molecule has 1 heterocycles. The number of fused-ring (bicyclic) bond motifs is 1. The van der Waals surface area contributed by atoms with Gasteiger partial charge in [-0.3, -0.25) is 4.79 Å². The van der Waals surface area contributed by atoms with Crippen LogP contribution in [0, 0.1) is 0 Å².